The van der Waals surface area contributed by atoms with E-state index in [9.17, 15) is 9.59 Å². The molecule has 9 heteroatoms. The van der Waals surface area contributed by atoms with Gasteiger partial charge in [-0.3, -0.25) is 0 Å². The van der Waals surface area contributed by atoms with E-state index < -0.39 is 11.9 Å². The fraction of sp³-hybridized carbons (Fsp3) is 0.706. The molecule has 1 saturated carbocycles. The SMILES string of the molecule is CC1(OCCO)CCCC1.CCOC(=O)/C=C(/O/N=C\N)C(=O)OCC. The van der Waals surface area contributed by atoms with Crippen molar-refractivity contribution in [3.05, 3.63) is 11.8 Å². The first kappa shape index (κ1) is 23.9. The van der Waals surface area contributed by atoms with E-state index in [1.807, 2.05) is 0 Å². The molecule has 0 aromatic heterocycles. The lowest BCUT2D eigenvalue weighted by Crippen LogP contribution is -2.25. The summed E-state index contributed by atoms with van der Waals surface area (Å²) in [7, 11) is 0. The number of hydrogen-bond donors (Lipinski definition) is 2. The normalized spacial score (nSPS) is 15.9. The second kappa shape index (κ2) is 14.1. The Bertz CT molecular complexity index is 472. The number of aliphatic hydroxyl groups is 1. The summed E-state index contributed by atoms with van der Waals surface area (Å²) in [5.74, 6) is -1.93. The van der Waals surface area contributed by atoms with Gasteiger partial charge in [-0.25, -0.2) is 9.59 Å². The van der Waals surface area contributed by atoms with Gasteiger partial charge in [0.1, 0.15) is 6.34 Å². The van der Waals surface area contributed by atoms with Crippen LogP contribution in [0.3, 0.4) is 0 Å². The number of nitrogens with two attached hydrogens (primary N) is 1. The number of oxime groups is 1. The zero-order valence-corrected chi connectivity index (χ0v) is 15.7. The lowest BCUT2D eigenvalue weighted by atomic mass is 10.1. The molecule has 1 fully saturated rings. The summed E-state index contributed by atoms with van der Waals surface area (Å²) in [4.78, 5) is 26.9. The van der Waals surface area contributed by atoms with E-state index in [1.165, 1.54) is 12.8 Å². The minimum Gasteiger partial charge on any atom is -0.463 e. The number of carbonyl (C=O) groups is 2. The molecule has 0 aliphatic heterocycles. The van der Waals surface area contributed by atoms with Gasteiger partial charge in [0.2, 0.25) is 5.76 Å². The summed E-state index contributed by atoms with van der Waals surface area (Å²) in [6, 6.07) is 0. The van der Waals surface area contributed by atoms with Crippen LogP contribution in [0.25, 0.3) is 0 Å². The maximum Gasteiger partial charge on any atom is 0.377 e. The van der Waals surface area contributed by atoms with E-state index in [2.05, 4.69) is 26.4 Å². The van der Waals surface area contributed by atoms with Crippen molar-refractivity contribution in [2.24, 2.45) is 10.9 Å². The van der Waals surface area contributed by atoms with E-state index in [0.717, 1.165) is 25.3 Å². The van der Waals surface area contributed by atoms with Gasteiger partial charge in [-0.15, -0.1) is 0 Å². The number of rotatable bonds is 9. The Morgan fingerprint density at radius 3 is 2.31 bits per heavy atom. The molecule has 0 aromatic rings. The van der Waals surface area contributed by atoms with Crippen molar-refractivity contribution in [2.75, 3.05) is 26.4 Å². The Hall–Kier alpha value is -2.13. The Morgan fingerprint density at radius 1 is 1.19 bits per heavy atom. The van der Waals surface area contributed by atoms with Gasteiger partial charge in [-0.05, 0) is 33.6 Å². The largest absolute Gasteiger partial charge is 0.463 e. The minimum atomic E-state index is -0.818. The molecule has 150 valence electrons. The summed E-state index contributed by atoms with van der Waals surface area (Å²) in [5.41, 5.74) is 5.01. The molecule has 1 aliphatic carbocycles. The second-order valence-electron chi connectivity index (χ2n) is 5.56. The molecule has 1 rings (SSSR count). The van der Waals surface area contributed by atoms with Crippen LogP contribution in [-0.4, -0.2) is 55.4 Å². The smallest absolute Gasteiger partial charge is 0.377 e. The molecular weight excluding hydrogens is 344 g/mol. The first-order valence-electron chi connectivity index (χ1n) is 8.63. The summed E-state index contributed by atoms with van der Waals surface area (Å²) in [6.45, 7) is 6.36. The number of carbonyl (C=O) groups excluding carboxylic acids is 2. The molecule has 0 bridgehead atoms. The zero-order valence-electron chi connectivity index (χ0n) is 15.7. The average molecular weight is 374 g/mol. The molecule has 3 N–H and O–H groups in total. The third kappa shape index (κ3) is 10.7. The average Bonchev–Trinajstić information content (AvgIpc) is 3.04. The van der Waals surface area contributed by atoms with Gasteiger partial charge >= 0.3 is 11.9 Å². The third-order valence-electron chi connectivity index (χ3n) is 3.43. The van der Waals surface area contributed by atoms with Crippen LogP contribution in [0.2, 0.25) is 0 Å². The van der Waals surface area contributed by atoms with Gasteiger partial charge in [0, 0.05) is 0 Å². The molecule has 0 spiro atoms. The molecule has 0 aromatic carbocycles. The third-order valence-corrected chi connectivity index (χ3v) is 3.43. The number of ether oxygens (including phenoxy) is 3. The Morgan fingerprint density at radius 2 is 1.81 bits per heavy atom. The standard InChI is InChI=1S/C9H14N2O5.C8H16O2/c1-3-14-8(12)5-7(16-11-6-10)9(13)15-4-2;1-8(10-7-6-9)4-2-3-5-8/h5-6H,3-4H2,1-2H3,(H2,10,11);9H,2-7H2,1H3/b7-5+;. The van der Waals surface area contributed by atoms with Crippen LogP contribution in [0.15, 0.2) is 17.0 Å². The summed E-state index contributed by atoms with van der Waals surface area (Å²) >= 11 is 0. The maximum atomic E-state index is 11.3. The highest BCUT2D eigenvalue weighted by molar-refractivity contribution is 5.94. The molecule has 26 heavy (non-hydrogen) atoms. The zero-order chi connectivity index (χ0) is 19.8. The molecule has 0 amide bonds. The van der Waals surface area contributed by atoms with Crippen molar-refractivity contribution in [1.82, 2.24) is 0 Å². The first-order chi connectivity index (χ1) is 12.4. The Balaban J connectivity index is 0.000000531. The number of nitrogens with zero attached hydrogens (tertiary/aromatic N) is 1. The highest BCUT2D eigenvalue weighted by Gasteiger charge is 2.28. The number of esters is 2. The quantitative estimate of drug-likeness (QED) is 0.154. The number of aliphatic hydroxyl groups excluding tert-OH is 1. The van der Waals surface area contributed by atoms with Crippen molar-refractivity contribution in [3.63, 3.8) is 0 Å². The highest BCUT2D eigenvalue weighted by atomic mass is 16.7. The fourth-order valence-electron chi connectivity index (χ4n) is 2.26. The Labute approximate surface area is 154 Å². The van der Waals surface area contributed by atoms with Crippen molar-refractivity contribution < 1.29 is 33.7 Å². The van der Waals surface area contributed by atoms with Gasteiger partial charge in [-0.2, -0.15) is 0 Å². The molecule has 9 nitrogen and oxygen atoms in total. The second-order valence-corrected chi connectivity index (χ2v) is 5.56. The fourth-order valence-corrected chi connectivity index (χ4v) is 2.26. The molecule has 0 atom stereocenters. The van der Waals surface area contributed by atoms with Crippen LogP contribution in [0.1, 0.15) is 46.5 Å². The van der Waals surface area contributed by atoms with Crippen LogP contribution in [0.5, 0.6) is 0 Å². The van der Waals surface area contributed by atoms with Crippen molar-refractivity contribution in [2.45, 2.75) is 52.1 Å². The van der Waals surface area contributed by atoms with Crippen LogP contribution in [-0.2, 0) is 28.6 Å². The van der Waals surface area contributed by atoms with Crippen LogP contribution in [0, 0.1) is 0 Å². The monoisotopic (exact) mass is 374 g/mol. The predicted molar refractivity (Wildman–Crippen MR) is 95.0 cm³/mol. The van der Waals surface area contributed by atoms with Gasteiger partial charge < -0.3 is 29.9 Å². The number of hydrogen-bond acceptors (Lipinski definition) is 8. The van der Waals surface area contributed by atoms with Crippen LogP contribution >= 0.6 is 0 Å². The molecule has 0 heterocycles. The highest BCUT2D eigenvalue weighted by Crippen LogP contribution is 2.32. The maximum absolute atomic E-state index is 11.3. The van der Waals surface area contributed by atoms with Crippen molar-refractivity contribution in [1.29, 1.82) is 0 Å². The van der Waals surface area contributed by atoms with Gasteiger partial charge in [-0.1, -0.05) is 18.0 Å². The summed E-state index contributed by atoms with van der Waals surface area (Å²) < 4.78 is 14.7. The van der Waals surface area contributed by atoms with E-state index in [1.54, 1.807) is 13.8 Å². The minimum absolute atomic E-state index is 0.0860. The van der Waals surface area contributed by atoms with Crippen molar-refractivity contribution in [3.8, 4) is 0 Å². The van der Waals surface area contributed by atoms with Gasteiger partial charge in [0.05, 0.1) is 38.1 Å². The lowest BCUT2D eigenvalue weighted by molar-refractivity contribution is -0.144. The summed E-state index contributed by atoms with van der Waals surface area (Å²) in [6.07, 6.45) is 6.55. The summed E-state index contributed by atoms with van der Waals surface area (Å²) in [5, 5.41) is 11.7. The van der Waals surface area contributed by atoms with E-state index >= 15 is 0 Å². The molecule has 0 saturated heterocycles. The molecule has 0 radical (unpaired) electrons. The Kier molecular flexibility index (Phi) is 12.9. The van der Waals surface area contributed by atoms with E-state index in [-0.39, 0.29) is 31.2 Å². The van der Waals surface area contributed by atoms with Crippen molar-refractivity contribution >= 4 is 18.3 Å². The topological polar surface area (TPSA) is 130 Å². The van der Waals surface area contributed by atoms with Gasteiger partial charge in [0.25, 0.3) is 0 Å². The molecular formula is C17H30N2O7. The van der Waals surface area contributed by atoms with E-state index in [0.29, 0.717) is 6.61 Å². The first-order valence-corrected chi connectivity index (χ1v) is 8.63. The van der Waals surface area contributed by atoms with E-state index in [4.69, 9.17) is 15.6 Å². The van der Waals surface area contributed by atoms with Crippen LogP contribution < -0.4 is 5.73 Å². The predicted octanol–water partition coefficient (Wildman–Crippen LogP) is 1.24. The molecule has 1 aliphatic rings. The molecule has 0 unspecified atom stereocenters. The van der Waals surface area contributed by atoms with Crippen LogP contribution in [0.4, 0.5) is 0 Å². The lowest BCUT2D eigenvalue weighted by Gasteiger charge is -2.23. The van der Waals surface area contributed by atoms with Gasteiger partial charge in [0.15, 0.2) is 0 Å².